The summed E-state index contributed by atoms with van der Waals surface area (Å²) < 4.78 is 0. The van der Waals surface area contributed by atoms with Gasteiger partial charge in [-0.25, -0.2) is 0 Å². The first kappa shape index (κ1) is 327. The predicted octanol–water partition coefficient (Wildman–Crippen LogP) is 29.8. The van der Waals surface area contributed by atoms with Crippen LogP contribution < -0.4 is 10.6 Å². The first-order chi connectivity index (χ1) is 43.0. The van der Waals surface area contributed by atoms with Crippen molar-refractivity contribution in [1.29, 1.82) is 0 Å². The van der Waals surface area contributed by atoms with Crippen molar-refractivity contribution in [2.45, 2.75) is 68.0 Å². The van der Waals surface area contributed by atoms with E-state index >= 15 is 0 Å². The van der Waals surface area contributed by atoms with Crippen molar-refractivity contribution in [3.8, 4) is 0 Å². The van der Waals surface area contributed by atoms with E-state index in [1.54, 1.807) is 11.8 Å². The van der Waals surface area contributed by atoms with Crippen LogP contribution in [-0.4, -0.2) is 38.6 Å². The van der Waals surface area contributed by atoms with Gasteiger partial charge in [0.15, 0.2) is 0 Å². The average molecular weight is 4700 g/mol. The van der Waals surface area contributed by atoms with Crippen LogP contribution in [-0.2, 0) is 1170 Å². The van der Waals surface area contributed by atoms with Crippen LogP contribution in [0.1, 0.15) is 51.7 Å². The van der Waals surface area contributed by atoms with Crippen molar-refractivity contribution in [2.24, 2.45) is 0 Å². The molecule has 0 aliphatic rings. The number of benzene rings is 11. The Labute approximate surface area is 1740 Å². The van der Waals surface area contributed by atoms with Gasteiger partial charge in [-0.05, 0) is 190 Å². The van der Waals surface area contributed by atoms with Gasteiger partial charge in [-0.1, -0.05) is 312 Å². The second-order valence-corrected chi connectivity index (χ2v) is 47.6. The van der Waals surface area contributed by atoms with E-state index in [-0.39, 0.29) is 1230 Å². The summed E-state index contributed by atoms with van der Waals surface area (Å²) in [5, 5.41) is 16.1. The quantitative estimate of drug-likeness (QED) is 0.0553. The van der Waals surface area contributed by atoms with Gasteiger partial charge in [-0.15, -0.1) is 71.9 Å². The van der Waals surface area contributed by atoms with Crippen molar-refractivity contribution >= 4 is 228 Å². The van der Waals surface area contributed by atoms with Crippen molar-refractivity contribution in [3.05, 3.63) is 355 Å². The van der Waals surface area contributed by atoms with Crippen molar-refractivity contribution in [3.63, 3.8) is 0 Å². The average Bonchev–Trinajstić information content (AvgIpc) is 0.794. The molecule has 35 radical (unpaired) electrons. The first-order valence-electron chi connectivity index (χ1n) is 28.8. The van der Waals surface area contributed by atoms with E-state index < -0.39 is 0 Å². The molecular formula is C83H136BP10S7Y34-12. The largest absolute Gasteiger partial charge is 0.358 e. The molecule has 0 spiro atoms. The molecule has 13 atom stereocenters. The third-order valence-electron chi connectivity index (χ3n) is 10.4. The molecule has 0 amide bonds. The summed E-state index contributed by atoms with van der Waals surface area (Å²) in [5.74, 6) is 0. The monoisotopic (exact) mass is 4700 g/mol. The van der Waals surface area contributed by atoms with Gasteiger partial charge in [-0.3, -0.25) is 0 Å². The molecule has 0 bridgehead atoms. The van der Waals surface area contributed by atoms with Gasteiger partial charge in [0, 0.05) is 1110 Å². The normalized spacial score (nSPS) is 7.21. The minimum atomic E-state index is 0. The molecule has 0 aliphatic carbocycles. The Bertz CT molecular complexity index is 3350. The predicted molar refractivity (Wildman–Crippen MR) is 553 cm³/mol. The smallest absolute Gasteiger partial charge is 0.102 e. The second kappa shape index (κ2) is 256. The molecule has 135 heavy (non-hydrogen) atoms. The molecule has 0 heterocycles. The molecule has 0 saturated carbocycles. The number of thioether (sulfide) groups is 1. The third-order valence-corrected chi connectivity index (χ3v) is 34.5. The number of hydrogen-bond acceptors (Lipinski definition) is 4. The SMILES string of the molecule is CCC.CCC.CS(=S)PP.CS(=S)PP.CS(=S)PP.CSC.C[B]C.Cc1ccc2c(ccc3cc(PP)ccc32)c1.Cc1ccc2cc3cc(PP)ccc3cc2c1.[CH3-].[CH3-].[CH3-].[CH3-].[CH3-].[CH3-].[CH3-].[CH3-].[CH3-].[CH3-].[CH3-].[CH3-].[Y].[Y].[Y].[Y].[Y].[Y].[Y].[Y].[Y].[Y].[Y].[Y].[Y].[Y].[Y].[Y].[Y].[Y].[Y].[Y].[Y].[Y].[Y].[Y].[Y].[Y].[Y].[Y].[Y].[Y].[Y].[Y].[Y].[Y].c1ccc2ccccc2c1.c1ccccc1.c1ccccc1.c1ccccc1. The van der Waals surface area contributed by atoms with E-state index in [1.807, 2.05) is 143 Å². The van der Waals surface area contributed by atoms with Crippen LogP contribution in [0.25, 0.3) is 53.9 Å². The Hall–Kier alpha value is 36.7. The van der Waals surface area contributed by atoms with E-state index in [9.17, 15) is 0 Å². The minimum absolute atomic E-state index is 0. The Balaban J connectivity index is -0.0000000133. The van der Waals surface area contributed by atoms with Crippen LogP contribution in [0.4, 0.5) is 0 Å². The number of fused-ring (bicyclic) bond motifs is 6. The number of aryl methyl sites for hydroxylation is 2. The second-order valence-electron chi connectivity index (χ2n) is 18.7. The number of rotatable bonds is 5. The van der Waals surface area contributed by atoms with Crippen molar-refractivity contribution in [2.75, 3.05) is 31.3 Å². The Morgan fingerprint density at radius 2 is 0.378 bits per heavy atom. The van der Waals surface area contributed by atoms with Crippen molar-refractivity contribution < 1.29 is 1110 Å². The van der Waals surface area contributed by atoms with Crippen LogP contribution >= 0.6 is 95.4 Å². The van der Waals surface area contributed by atoms with Crippen LogP contribution in [0.3, 0.4) is 0 Å². The summed E-state index contributed by atoms with van der Waals surface area (Å²) >= 11 is 16.1. The topological polar surface area (TPSA) is 0 Å². The zero-order chi connectivity index (χ0) is 66.9. The molecule has 0 saturated heterocycles. The molecule has 0 fully saturated rings. The zero-order valence-corrected chi connectivity index (χ0v) is 199. The van der Waals surface area contributed by atoms with E-state index in [1.165, 1.54) is 88.4 Å². The standard InChI is InChI=1S/2C15H14P2.C10H8.3C6H6.2C3H8.C2H6B.C2H6S.3CH6P2S2.12CH3.34Y/c1-10-2-6-14-11(8-10)3-4-12-9-13(17-16)5-7-15(12)14;1-10-2-3-11-8-14-9-15(17-16)5-4-12(14)7-13(11)6-10;1-2-6-10-8-4-3-7-9(10)5-1;3*1-2-4-6-5-3-1;4*1-3-2;3*1-5(4)3-2;;;;;;;;;;;;;;;;;;;;;;;;;;;;;;;;;;;;;;;;;;;;;;/h2*2-9,17H,16H2,1H3;1-8H;3*1-6H;2*3H2,1-2H3;2*1-2H3;3*3H,2H2,1H3;12*1H3;;;;;;;;;;;;;;;;;;;;;;;;;;;;;;;;;;/q;;;;;;;;;;;;;12*-1;;;;;;;;;;;;;;;;;;;;;;;;;;;;;;;;;;. The van der Waals surface area contributed by atoms with Gasteiger partial charge in [0.2, 0.25) is 0 Å². The summed E-state index contributed by atoms with van der Waals surface area (Å²) in [6, 6.07) is 88.5. The molecule has 0 aromatic heterocycles. The Morgan fingerprint density at radius 1 is 0.237 bits per heavy atom. The summed E-state index contributed by atoms with van der Waals surface area (Å²) in [4.78, 5) is 0. The molecule has 11 aromatic carbocycles. The molecule has 11 aromatic rings. The Morgan fingerprint density at radius 3 is 0.570 bits per heavy atom. The van der Waals surface area contributed by atoms with Gasteiger partial charge in [-0.2, -0.15) is 11.8 Å². The molecule has 11 rings (SSSR count). The minimum Gasteiger partial charge on any atom is -0.358 e. The molecular weight excluding hydrogens is 4560 g/mol. The zero-order valence-electron chi connectivity index (χ0n) is 86.1. The molecule has 677 valence electrons. The maximum atomic E-state index is 4.80. The van der Waals surface area contributed by atoms with E-state index in [0.717, 1.165) is 39.0 Å². The number of hydrogen-bond donors (Lipinski definition) is 0. The van der Waals surface area contributed by atoms with Gasteiger partial charge in [0.25, 0.3) is 0 Å². The molecule has 0 aliphatic heterocycles. The summed E-state index contributed by atoms with van der Waals surface area (Å²) in [7, 11) is 20.4. The van der Waals surface area contributed by atoms with Crippen LogP contribution in [0.2, 0.25) is 13.6 Å². The van der Waals surface area contributed by atoms with E-state index in [0.29, 0.717) is 0 Å². The van der Waals surface area contributed by atoms with Crippen LogP contribution in [0.5, 0.6) is 0 Å². The third kappa shape index (κ3) is 211. The fourth-order valence-corrected chi connectivity index (χ4v) is 8.69. The van der Waals surface area contributed by atoms with E-state index in [2.05, 4.69) is 251 Å². The summed E-state index contributed by atoms with van der Waals surface area (Å²) in [6.07, 6.45) is 12.8. The van der Waals surface area contributed by atoms with Gasteiger partial charge < -0.3 is 89.1 Å². The fourth-order valence-electron chi connectivity index (χ4n) is 6.77. The summed E-state index contributed by atoms with van der Waals surface area (Å²) in [5.41, 5.74) is 2.64. The Kier molecular flexibility index (Phi) is 619. The maximum Gasteiger partial charge on any atom is 0.102 e. The maximum absolute atomic E-state index is 4.80. The fraction of sp³-hybridized carbons (Fsp3) is 0.181. The van der Waals surface area contributed by atoms with Gasteiger partial charge in [0.1, 0.15) is 7.28 Å². The molecule has 0 N–H and O–H groups in total. The summed E-state index contributed by atoms with van der Waals surface area (Å²) in [6.45, 7) is 16.8. The van der Waals surface area contributed by atoms with Crippen LogP contribution in [0, 0.1) is 103 Å². The molecule has 13 unspecified atom stereocenters. The molecule has 52 heteroatoms. The van der Waals surface area contributed by atoms with Crippen LogP contribution in [0.15, 0.2) is 255 Å². The van der Waals surface area contributed by atoms with Crippen molar-refractivity contribution in [1.82, 2.24) is 0 Å². The van der Waals surface area contributed by atoms with Gasteiger partial charge >= 0.3 is 0 Å². The van der Waals surface area contributed by atoms with Gasteiger partial charge in [0.05, 0.1) is 0 Å². The molecule has 0 nitrogen and oxygen atoms in total. The first-order valence-corrected chi connectivity index (χ1v) is 54.3. The van der Waals surface area contributed by atoms with E-state index in [4.69, 9.17) is 33.6 Å².